The van der Waals surface area contributed by atoms with E-state index >= 15 is 0 Å². The molecule has 0 aliphatic heterocycles. The molecule has 0 aliphatic carbocycles. The predicted octanol–water partition coefficient (Wildman–Crippen LogP) is 4.67. The van der Waals surface area contributed by atoms with Crippen molar-refractivity contribution in [3.05, 3.63) is 61.9 Å². The summed E-state index contributed by atoms with van der Waals surface area (Å²) in [6.45, 7) is 11.7. The molecule has 3 rings (SSSR count). The molecular formula is C22H24ClN3O3. The van der Waals surface area contributed by atoms with Crippen molar-refractivity contribution in [1.29, 1.82) is 0 Å². The van der Waals surface area contributed by atoms with Crippen LogP contribution in [0, 0.1) is 20.8 Å². The largest absolute Gasteiger partial charge is 0.432 e. The number of pyridine rings is 1. The normalized spacial score (nSPS) is 11.7. The Hall–Kier alpha value is -2.86. The molecule has 2 heterocycles. The highest BCUT2D eigenvalue weighted by Crippen LogP contribution is 2.35. The molecule has 7 heteroatoms. The van der Waals surface area contributed by atoms with Crippen LogP contribution in [0.2, 0.25) is 5.02 Å². The van der Waals surface area contributed by atoms with E-state index in [2.05, 4.69) is 36.8 Å². The number of H-pyrrole nitrogens is 1. The van der Waals surface area contributed by atoms with Gasteiger partial charge in [-0.15, -0.1) is 0 Å². The summed E-state index contributed by atoms with van der Waals surface area (Å²) in [7, 11) is 0. The molecule has 3 N–H and O–H groups in total. The second-order valence-electron chi connectivity index (χ2n) is 8.24. The number of amides is 1. The van der Waals surface area contributed by atoms with Crippen LogP contribution in [0.4, 0.5) is 0 Å². The minimum Gasteiger partial charge on any atom is -0.432 e. The van der Waals surface area contributed by atoms with Gasteiger partial charge >= 0.3 is 5.91 Å². The van der Waals surface area contributed by atoms with E-state index < -0.39 is 5.91 Å². The molecule has 0 atom stereocenters. The summed E-state index contributed by atoms with van der Waals surface area (Å²) in [5.41, 5.74) is 9.80. The molecule has 152 valence electrons. The third kappa shape index (κ3) is 3.85. The number of carbonyl (C=O) groups is 1. The van der Waals surface area contributed by atoms with Crippen molar-refractivity contribution in [1.82, 2.24) is 9.97 Å². The van der Waals surface area contributed by atoms with Gasteiger partial charge in [-0.3, -0.25) is 9.59 Å². The van der Waals surface area contributed by atoms with E-state index in [-0.39, 0.29) is 22.5 Å². The summed E-state index contributed by atoms with van der Waals surface area (Å²) in [5, 5.41) is 0.651. The van der Waals surface area contributed by atoms with Crippen molar-refractivity contribution in [2.75, 3.05) is 0 Å². The summed E-state index contributed by atoms with van der Waals surface area (Å²) in [6.07, 6.45) is 0. The number of nitrogens with one attached hydrogen (secondary N) is 1. The predicted molar refractivity (Wildman–Crippen MR) is 114 cm³/mol. The van der Waals surface area contributed by atoms with Gasteiger partial charge in [0.05, 0.1) is 11.3 Å². The number of aryl methyl sites for hydroxylation is 3. The fourth-order valence-corrected chi connectivity index (χ4v) is 3.84. The molecule has 0 unspecified atom stereocenters. The van der Waals surface area contributed by atoms with Crippen molar-refractivity contribution in [2.24, 2.45) is 5.73 Å². The topological polar surface area (TPSA) is 102 Å². The Kier molecular flexibility index (Phi) is 5.17. The SMILES string of the molecule is Cc1cc(C(C)(C)C)c(Cl)cc1-c1cc(=O)c(-c2oc(C(N)=O)nc2C)c(C)[nH]1. The molecule has 2 aromatic heterocycles. The minimum absolute atomic E-state index is 0.0878. The number of oxazole rings is 1. The molecule has 0 spiro atoms. The first-order valence-corrected chi connectivity index (χ1v) is 9.60. The number of hydrogen-bond donors (Lipinski definition) is 2. The second-order valence-corrected chi connectivity index (χ2v) is 8.65. The van der Waals surface area contributed by atoms with Crippen molar-refractivity contribution >= 4 is 17.5 Å². The number of nitrogens with two attached hydrogens (primary N) is 1. The van der Waals surface area contributed by atoms with Gasteiger partial charge in [0.25, 0.3) is 5.89 Å². The van der Waals surface area contributed by atoms with E-state index in [9.17, 15) is 9.59 Å². The first-order chi connectivity index (χ1) is 13.4. The van der Waals surface area contributed by atoms with Crippen LogP contribution in [0.25, 0.3) is 22.6 Å². The Labute approximate surface area is 174 Å². The van der Waals surface area contributed by atoms with Crippen molar-refractivity contribution in [3.8, 4) is 22.6 Å². The average Bonchev–Trinajstić information content (AvgIpc) is 2.97. The minimum atomic E-state index is -0.783. The molecule has 29 heavy (non-hydrogen) atoms. The number of halogens is 1. The summed E-state index contributed by atoms with van der Waals surface area (Å²) in [6, 6.07) is 5.44. The zero-order valence-corrected chi connectivity index (χ0v) is 18.1. The van der Waals surface area contributed by atoms with E-state index in [1.165, 1.54) is 6.07 Å². The maximum absolute atomic E-state index is 12.9. The Balaban J connectivity index is 2.15. The molecule has 0 fully saturated rings. The van der Waals surface area contributed by atoms with Gasteiger partial charge in [0, 0.05) is 28.0 Å². The van der Waals surface area contributed by atoms with E-state index in [4.69, 9.17) is 21.8 Å². The van der Waals surface area contributed by atoms with Gasteiger partial charge in [0.1, 0.15) is 0 Å². The molecule has 0 saturated heterocycles. The fraction of sp³-hybridized carbons (Fsp3) is 0.318. The standard InChI is InChI=1S/C22H24ClN3O3/c1-10-7-14(22(4,5)6)15(23)8-13(10)16-9-17(27)18(11(2)25-16)19-12(3)26-21(29-19)20(24)28/h7-9H,1-6H3,(H2,24,28)(H,25,27). The van der Waals surface area contributed by atoms with Gasteiger partial charge in [0.15, 0.2) is 11.2 Å². The van der Waals surface area contributed by atoms with Crippen molar-refractivity contribution in [3.63, 3.8) is 0 Å². The number of carbonyl (C=O) groups excluding carboxylic acids is 1. The number of rotatable bonds is 3. The van der Waals surface area contributed by atoms with Crippen LogP contribution in [0.5, 0.6) is 0 Å². The lowest BCUT2D eigenvalue weighted by atomic mass is 9.85. The molecule has 0 saturated carbocycles. The number of aromatic amines is 1. The number of primary amides is 1. The van der Waals surface area contributed by atoms with Crippen LogP contribution in [-0.2, 0) is 5.41 Å². The highest BCUT2D eigenvalue weighted by Gasteiger charge is 2.22. The van der Waals surface area contributed by atoms with E-state index in [1.807, 2.05) is 13.0 Å². The third-order valence-corrected chi connectivity index (χ3v) is 5.18. The van der Waals surface area contributed by atoms with Crippen molar-refractivity contribution in [2.45, 2.75) is 47.0 Å². The van der Waals surface area contributed by atoms with Gasteiger partial charge in [-0.25, -0.2) is 4.98 Å². The maximum atomic E-state index is 12.9. The molecule has 6 nitrogen and oxygen atoms in total. The molecule has 1 aromatic carbocycles. The summed E-state index contributed by atoms with van der Waals surface area (Å²) < 4.78 is 5.44. The number of aromatic nitrogens is 2. The monoisotopic (exact) mass is 413 g/mol. The van der Waals surface area contributed by atoms with E-state index in [1.54, 1.807) is 13.8 Å². The van der Waals surface area contributed by atoms with Crippen LogP contribution >= 0.6 is 11.6 Å². The van der Waals surface area contributed by atoms with Crippen molar-refractivity contribution < 1.29 is 9.21 Å². The lowest BCUT2D eigenvalue weighted by molar-refractivity contribution is 0.0968. The molecular weight excluding hydrogens is 390 g/mol. The fourth-order valence-electron chi connectivity index (χ4n) is 3.40. The first kappa shape index (κ1) is 20.9. The number of nitrogens with zero attached hydrogens (tertiary/aromatic N) is 1. The van der Waals surface area contributed by atoms with E-state index in [0.29, 0.717) is 27.7 Å². The Morgan fingerprint density at radius 3 is 2.34 bits per heavy atom. The number of benzene rings is 1. The van der Waals surface area contributed by atoms with Crippen LogP contribution < -0.4 is 11.2 Å². The summed E-state index contributed by atoms with van der Waals surface area (Å²) in [4.78, 5) is 31.5. The second kappa shape index (κ2) is 7.19. The smallest absolute Gasteiger partial charge is 0.304 e. The third-order valence-electron chi connectivity index (χ3n) is 4.87. The zero-order chi connectivity index (χ0) is 21.7. The maximum Gasteiger partial charge on any atom is 0.304 e. The lowest BCUT2D eigenvalue weighted by Crippen LogP contribution is -2.13. The van der Waals surface area contributed by atoms with Gasteiger partial charge in [-0.05, 0) is 43.4 Å². The quantitative estimate of drug-likeness (QED) is 0.651. The average molecular weight is 414 g/mol. The van der Waals surface area contributed by atoms with Crippen LogP contribution in [0.3, 0.4) is 0 Å². The zero-order valence-electron chi connectivity index (χ0n) is 17.4. The van der Waals surface area contributed by atoms with E-state index in [0.717, 1.165) is 16.7 Å². The Bertz CT molecular complexity index is 1180. The molecule has 1 amide bonds. The van der Waals surface area contributed by atoms with Crippen LogP contribution in [0.15, 0.2) is 27.4 Å². The highest BCUT2D eigenvalue weighted by molar-refractivity contribution is 6.31. The van der Waals surface area contributed by atoms with Crippen LogP contribution in [-0.4, -0.2) is 15.9 Å². The summed E-state index contributed by atoms with van der Waals surface area (Å²) in [5.74, 6) is -0.767. The Morgan fingerprint density at radius 1 is 1.17 bits per heavy atom. The molecule has 0 radical (unpaired) electrons. The van der Waals surface area contributed by atoms with Gasteiger partial charge in [-0.2, -0.15) is 0 Å². The molecule has 0 aliphatic rings. The summed E-state index contributed by atoms with van der Waals surface area (Å²) >= 11 is 6.54. The Morgan fingerprint density at radius 2 is 1.83 bits per heavy atom. The molecule has 3 aromatic rings. The highest BCUT2D eigenvalue weighted by atomic mass is 35.5. The van der Waals surface area contributed by atoms with Crippen LogP contribution in [0.1, 0.15) is 54.0 Å². The van der Waals surface area contributed by atoms with Gasteiger partial charge < -0.3 is 15.1 Å². The first-order valence-electron chi connectivity index (χ1n) is 9.22. The number of hydrogen-bond acceptors (Lipinski definition) is 4. The van der Waals surface area contributed by atoms with Gasteiger partial charge in [-0.1, -0.05) is 38.4 Å². The lowest BCUT2D eigenvalue weighted by Gasteiger charge is -2.22. The molecule has 0 bridgehead atoms. The van der Waals surface area contributed by atoms with Gasteiger partial charge in [0.2, 0.25) is 0 Å².